The molecule has 0 amide bonds. The minimum atomic E-state index is 0.719. The highest BCUT2D eigenvalue weighted by Gasteiger charge is 1.79. The lowest BCUT2D eigenvalue weighted by Gasteiger charge is -1.89. The molecule has 1 aliphatic heterocycles. The maximum atomic E-state index is 4.07. The Balaban J connectivity index is 2.40. The predicted molar refractivity (Wildman–Crippen MR) is 53.4 cm³/mol. The van der Waals surface area contributed by atoms with Crippen LogP contribution in [0.4, 0.5) is 0 Å². The summed E-state index contributed by atoms with van der Waals surface area (Å²) in [5.41, 5.74) is 0. The Bertz CT molecular complexity index is 167. The van der Waals surface area contributed by atoms with Crippen molar-refractivity contribution in [3.05, 3.63) is 0 Å². The number of aliphatic imine (C=N–C) groups is 4. The van der Waals surface area contributed by atoms with Gasteiger partial charge in [-0.2, -0.15) is 0 Å². The van der Waals surface area contributed by atoms with Gasteiger partial charge in [-0.3, -0.25) is 20.0 Å². The molecule has 1 heterocycles. The molecule has 0 N–H and O–H groups in total. The fourth-order valence-corrected chi connectivity index (χ4v) is 0.718. The Kier molecular flexibility index (Phi) is 4.67. The van der Waals surface area contributed by atoms with Gasteiger partial charge in [0.2, 0.25) is 0 Å². The van der Waals surface area contributed by atoms with Crippen molar-refractivity contribution < 1.29 is 0 Å². The first-order valence-electron chi connectivity index (χ1n) is 3.96. The number of hydrogen-bond donors (Lipinski definition) is 0. The van der Waals surface area contributed by atoms with E-state index in [0.29, 0.717) is 0 Å². The second kappa shape index (κ2) is 6.39. The van der Waals surface area contributed by atoms with E-state index in [1.807, 2.05) is 0 Å². The van der Waals surface area contributed by atoms with Gasteiger partial charge in [-0.15, -0.1) is 0 Å². The number of hydrogen-bond acceptors (Lipinski definition) is 4. The molecule has 0 saturated carbocycles. The summed E-state index contributed by atoms with van der Waals surface area (Å²) in [6.45, 7) is 2.87. The third-order valence-electron chi connectivity index (χ3n) is 1.27. The van der Waals surface area contributed by atoms with Crippen molar-refractivity contribution in [2.75, 3.05) is 26.2 Å². The van der Waals surface area contributed by atoms with Crippen LogP contribution in [0.3, 0.4) is 0 Å². The van der Waals surface area contributed by atoms with E-state index in [-0.39, 0.29) is 0 Å². The lowest BCUT2D eigenvalue weighted by atomic mass is 10.6. The molecule has 1 rings (SSSR count). The zero-order valence-electron chi connectivity index (χ0n) is 6.93. The molecule has 0 radical (unpaired) electrons. The van der Waals surface area contributed by atoms with Crippen LogP contribution in [0.5, 0.6) is 0 Å². The topological polar surface area (TPSA) is 49.4 Å². The molecular weight excluding hydrogens is 152 g/mol. The van der Waals surface area contributed by atoms with E-state index < -0.39 is 0 Å². The minimum absolute atomic E-state index is 0.719. The van der Waals surface area contributed by atoms with Crippen molar-refractivity contribution in [3.8, 4) is 0 Å². The summed E-state index contributed by atoms with van der Waals surface area (Å²) in [6.07, 6.45) is 6.84. The zero-order valence-corrected chi connectivity index (χ0v) is 6.93. The molecule has 0 saturated heterocycles. The molecule has 12 heavy (non-hydrogen) atoms. The van der Waals surface area contributed by atoms with Gasteiger partial charge >= 0.3 is 0 Å². The Hall–Kier alpha value is -1.32. The molecule has 64 valence electrons. The zero-order chi connectivity index (χ0) is 8.49. The van der Waals surface area contributed by atoms with Crippen molar-refractivity contribution in [3.63, 3.8) is 0 Å². The van der Waals surface area contributed by atoms with E-state index in [9.17, 15) is 0 Å². The molecule has 0 fully saturated rings. The smallest absolute Gasteiger partial charge is 0.0585 e. The number of rotatable bonds is 0. The Morgan fingerprint density at radius 1 is 0.500 bits per heavy atom. The van der Waals surface area contributed by atoms with Crippen LogP contribution < -0.4 is 0 Å². The summed E-state index contributed by atoms with van der Waals surface area (Å²) in [7, 11) is 0. The van der Waals surface area contributed by atoms with E-state index >= 15 is 0 Å². The maximum Gasteiger partial charge on any atom is 0.0585 e. The van der Waals surface area contributed by atoms with E-state index in [0.717, 1.165) is 26.2 Å². The summed E-state index contributed by atoms with van der Waals surface area (Å²) < 4.78 is 0. The van der Waals surface area contributed by atoms with Crippen LogP contribution in [0.2, 0.25) is 0 Å². The lowest BCUT2D eigenvalue weighted by Crippen LogP contribution is -1.94. The quantitative estimate of drug-likeness (QED) is 0.494. The largest absolute Gasteiger partial charge is 0.290 e. The molecule has 0 aromatic heterocycles. The Morgan fingerprint density at radius 2 is 0.750 bits per heavy atom. The van der Waals surface area contributed by atoms with Crippen molar-refractivity contribution in [2.24, 2.45) is 20.0 Å². The van der Waals surface area contributed by atoms with E-state index in [4.69, 9.17) is 0 Å². The standard InChI is InChI=1S/C8H12N4/c1-2-10-5-6-12-8-7-11-4-3-9-1/h1-2,7-8H,3-6H2. The maximum absolute atomic E-state index is 4.07. The van der Waals surface area contributed by atoms with Crippen LogP contribution in [-0.2, 0) is 0 Å². The Morgan fingerprint density at radius 3 is 1.00 bits per heavy atom. The highest BCUT2D eigenvalue weighted by Crippen LogP contribution is 1.75. The molecule has 0 aliphatic carbocycles. The molecule has 0 unspecified atom stereocenters. The van der Waals surface area contributed by atoms with Gasteiger partial charge in [0.1, 0.15) is 0 Å². The fourth-order valence-electron chi connectivity index (χ4n) is 0.718. The van der Waals surface area contributed by atoms with Gasteiger partial charge in [0, 0.05) is 24.9 Å². The molecule has 4 heteroatoms. The summed E-state index contributed by atoms with van der Waals surface area (Å²) in [5.74, 6) is 0. The van der Waals surface area contributed by atoms with Crippen LogP contribution in [0.15, 0.2) is 20.0 Å². The summed E-state index contributed by atoms with van der Waals surface area (Å²) in [4.78, 5) is 16.3. The van der Waals surface area contributed by atoms with Crippen LogP contribution in [0.25, 0.3) is 0 Å². The van der Waals surface area contributed by atoms with E-state index in [1.54, 1.807) is 24.9 Å². The fraction of sp³-hybridized carbons (Fsp3) is 0.500. The van der Waals surface area contributed by atoms with E-state index in [2.05, 4.69) is 20.0 Å². The average molecular weight is 164 g/mol. The molecule has 4 nitrogen and oxygen atoms in total. The average Bonchev–Trinajstić information content (AvgIpc) is 2.05. The minimum Gasteiger partial charge on any atom is -0.290 e. The van der Waals surface area contributed by atoms with Gasteiger partial charge in [-0.05, 0) is 0 Å². The summed E-state index contributed by atoms with van der Waals surface area (Å²) in [5, 5.41) is 0. The van der Waals surface area contributed by atoms with Crippen molar-refractivity contribution in [1.82, 2.24) is 0 Å². The van der Waals surface area contributed by atoms with Crippen LogP contribution in [-0.4, -0.2) is 51.0 Å². The first kappa shape index (κ1) is 8.77. The van der Waals surface area contributed by atoms with Gasteiger partial charge in [0.15, 0.2) is 0 Å². The monoisotopic (exact) mass is 164 g/mol. The van der Waals surface area contributed by atoms with Crippen LogP contribution >= 0.6 is 0 Å². The predicted octanol–water partition coefficient (Wildman–Crippen LogP) is 0.283. The third kappa shape index (κ3) is 4.49. The first-order chi connectivity index (χ1) is 6.00. The van der Waals surface area contributed by atoms with Crippen molar-refractivity contribution in [1.29, 1.82) is 0 Å². The SMILES string of the molecule is C1=NCCN=CC=NCCN=C1. The second-order valence-electron chi connectivity index (χ2n) is 2.22. The highest BCUT2D eigenvalue weighted by molar-refractivity contribution is 6.16. The van der Waals surface area contributed by atoms with Gasteiger partial charge in [0.05, 0.1) is 26.2 Å². The second-order valence-corrected chi connectivity index (χ2v) is 2.22. The summed E-state index contributed by atoms with van der Waals surface area (Å²) >= 11 is 0. The van der Waals surface area contributed by atoms with Crippen molar-refractivity contribution in [2.45, 2.75) is 0 Å². The van der Waals surface area contributed by atoms with E-state index in [1.165, 1.54) is 0 Å². The van der Waals surface area contributed by atoms with Gasteiger partial charge in [-0.25, -0.2) is 0 Å². The normalized spacial score (nSPS) is 18.7. The molecule has 1 aliphatic rings. The van der Waals surface area contributed by atoms with Gasteiger partial charge < -0.3 is 0 Å². The molecule has 0 spiro atoms. The highest BCUT2D eigenvalue weighted by atomic mass is 14.8. The molecule has 0 atom stereocenters. The molecule has 0 aromatic carbocycles. The van der Waals surface area contributed by atoms with Crippen LogP contribution in [0, 0.1) is 0 Å². The third-order valence-corrected chi connectivity index (χ3v) is 1.27. The van der Waals surface area contributed by atoms with Crippen LogP contribution in [0.1, 0.15) is 0 Å². The Labute approximate surface area is 71.9 Å². The summed E-state index contributed by atoms with van der Waals surface area (Å²) in [6, 6.07) is 0. The number of nitrogens with zero attached hydrogens (tertiary/aromatic N) is 4. The molecular formula is C8H12N4. The molecule has 0 aromatic rings. The molecule has 0 bridgehead atoms. The van der Waals surface area contributed by atoms with Gasteiger partial charge in [0.25, 0.3) is 0 Å². The lowest BCUT2D eigenvalue weighted by molar-refractivity contribution is 0.977. The first-order valence-corrected chi connectivity index (χ1v) is 3.96. The van der Waals surface area contributed by atoms with Gasteiger partial charge in [-0.1, -0.05) is 0 Å². The van der Waals surface area contributed by atoms with Crippen molar-refractivity contribution >= 4 is 24.9 Å².